The molecule has 2 aliphatic heterocycles. The normalized spacial score (nSPS) is 30.1. The molecule has 3 fully saturated rings. The number of hydrogen-bond acceptors (Lipinski definition) is 3. The Balaban J connectivity index is 1.42. The standard InChI is InChI=1S/C17H32N4O/c1-18-16(19-9-11-20(2)15-5-3-4-6-15)21-10-7-17(13-21)8-12-22-14-17/h15H,3-14H2,1-2H3,(H,18,19). The maximum absolute atomic E-state index is 5.62. The van der Waals surface area contributed by atoms with Crippen LogP contribution in [0.5, 0.6) is 0 Å². The van der Waals surface area contributed by atoms with Gasteiger partial charge < -0.3 is 19.9 Å². The van der Waals surface area contributed by atoms with Gasteiger partial charge in [0.2, 0.25) is 0 Å². The molecule has 2 saturated heterocycles. The summed E-state index contributed by atoms with van der Waals surface area (Å²) in [5, 5.41) is 3.57. The van der Waals surface area contributed by atoms with E-state index in [4.69, 9.17) is 4.74 Å². The lowest BCUT2D eigenvalue weighted by atomic mass is 9.87. The zero-order chi connectivity index (χ0) is 15.4. The van der Waals surface area contributed by atoms with Gasteiger partial charge in [-0.2, -0.15) is 0 Å². The van der Waals surface area contributed by atoms with Crippen LogP contribution in [0.4, 0.5) is 0 Å². The Labute approximate surface area is 135 Å². The van der Waals surface area contributed by atoms with Crippen molar-refractivity contribution in [2.24, 2.45) is 10.4 Å². The largest absolute Gasteiger partial charge is 0.381 e. The van der Waals surface area contributed by atoms with Crippen LogP contribution in [0.1, 0.15) is 38.5 Å². The van der Waals surface area contributed by atoms with E-state index in [1.165, 1.54) is 38.5 Å². The summed E-state index contributed by atoms with van der Waals surface area (Å²) in [5.74, 6) is 1.07. The van der Waals surface area contributed by atoms with Crippen LogP contribution in [0.15, 0.2) is 4.99 Å². The van der Waals surface area contributed by atoms with Crippen molar-refractivity contribution in [1.29, 1.82) is 0 Å². The fourth-order valence-electron chi connectivity index (χ4n) is 4.29. The summed E-state index contributed by atoms with van der Waals surface area (Å²) in [5.41, 5.74) is 0.401. The number of nitrogens with zero attached hydrogens (tertiary/aromatic N) is 3. The Morgan fingerprint density at radius 1 is 1.36 bits per heavy atom. The fraction of sp³-hybridized carbons (Fsp3) is 0.941. The zero-order valence-corrected chi connectivity index (χ0v) is 14.3. The molecule has 0 amide bonds. The highest BCUT2D eigenvalue weighted by atomic mass is 16.5. The first-order chi connectivity index (χ1) is 10.7. The summed E-state index contributed by atoms with van der Waals surface area (Å²) < 4.78 is 5.62. The minimum atomic E-state index is 0.401. The van der Waals surface area contributed by atoms with Gasteiger partial charge in [0, 0.05) is 51.3 Å². The molecule has 2 heterocycles. The monoisotopic (exact) mass is 308 g/mol. The van der Waals surface area contributed by atoms with E-state index in [0.29, 0.717) is 5.41 Å². The lowest BCUT2D eigenvalue weighted by Crippen LogP contribution is -2.44. The average molecular weight is 308 g/mol. The van der Waals surface area contributed by atoms with Crippen LogP contribution in [-0.2, 0) is 4.74 Å². The van der Waals surface area contributed by atoms with Gasteiger partial charge in [0.15, 0.2) is 5.96 Å². The Kier molecular flexibility index (Phi) is 5.24. The molecule has 1 N–H and O–H groups in total. The van der Waals surface area contributed by atoms with Gasteiger partial charge in [0.05, 0.1) is 6.61 Å². The smallest absolute Gasteiger partial charge is 0.193 e. The van der Waals surface area contributed by atoms with Crippen LogP contribution in [0.25, 0.3) is 0 Å². The third kappa shape index (κ3) is 3.57. The molecule has 1 aliphatic carbocycles. The molecular weight excluding hydrogens is 276 g/mol. The number of rotatable bonds is 4. The van der Waals surface area contributed by atoms with Crippen LogP contribution in [-0.4, -0.2) is 75.3 Å². The molecule has 0 aromatic heterocycles. The van der Waals surface area contributed by atoms with Gasteiger partial charge in [-0.25, -0.2) is 0 Å². The molecule has 3 aliphatic rings. The van der Waals surface area contributed by atoms with Gasteiger partial charge in [-0.1, -0.05) is 12.8 Å². The Hall–Kier alpha value is -0.810. The number of likely N-dealkylation sites (N-methyl/N-ethyl adjacent to an activating group) is 1. The van der Waals surface area contributed by atoms with Crippen LogP contribution in [0, 0.1) is 5.41 Å². The molecular formula is C17H32N4O. The van der Waals surface area contributed by atoms with Gasteiger partial charge in [-0.05, 0) is 32.7 Å². The highest BCUT2D eigenvalue weighted by molar-refractivity contribution is 5.80. The highest BCUT2D eigenvalue weighted by Gasteiger charge is 2.42. The summed E-state index contributed by atoms with van der Waals surface area (Å²) >= 11 is 0. The summed E-state index contributed by atoms with van der Waals surface area (Å²) in [6.07, 6.45) is 8.02. The number of hydrogen-bond donors (Lipinski definition) is 1. The maximum atomic E-state index is 5.62. The first kappa shape index (κ1) is 16.1. The van der Waals surface area contributed by atoms with Gasteiger partial charge in [0.25, 0.3) is 0 Å². The summed E-state index contributed by atoms with van der Waals surface area (Å²) in [4.78, 5) is 9.43. The van der Waals surface area contributed by atoms with Crippen molar-refractivity contribution >= 4 is 5.96 Å². The van der Waals surface area contributed by atoms with E-state index >= 15 is 0 Å². The summed E-state index contributed by atoms with van der Waals surface area (Å²) in [6.45, 7) is 6.18. The van der Waals surface area contributed by atoms with E-state index in [0.717, 1.165) is 51.4 Å². The van der Waals surface area contributed by atoms with Crippen molar-refractivity contribution in [3.05, 3.63) is 0 Å². The third-order valence-electron chi connectivity index (χ3n) is 5.83. The molecule has 1 unspecified atom stereocenters. The molecule has 22 heavy (non-hydrogen) atoms. The Morgan fingerprint density at radius 2 is 2.18 bits per heavy atom. The van der Waals surface area contributed by atoms with E-state index in [-0.39, 0.29) is 0 Å². The molecule has 1 saturated carbocycles. The SMILES string of the molecule is CN=C(NCCN(C)C1CCCC1)N1CCC2(CCOC2)C1. The Morgan fingerprint density at radius 3 is 2.86 bits per heavy atom. The van der Waals surface area contributed by atoms with E-state index in [1.807, 2.05) is 7.05 Å². The number of aliphatic imine (C=N–C) groups is 1. The average Bonchev–Trinajstić information content (AvgIpc) is 3.27. The molecule has 3 rings (SSSR count). The summed E-state index contributed by atoms with van der Waals surface area (Å²) in [7, 11) is 4.17. The molecule has 0 bridgehead atoms. The van der Waals surface area contributed by atoms with E-state index in [2.05, 4.69) is 27.2 Å². The van der Waals surface area contributed by atoms with Crippen LogP contribution >= 0.6 is 0 Å². The number of likely N-dealkylation sites (tertiary alicyclic amines) is 1. The van der Waals surface area contributed by atoms with Gasteiger partial charge in [-0.3, -0.25) is 4.99 Å². The zero-order valence-electron chi connectivity index (χ0n) is 14.3. The first-order valence-electron chi connectivity index (χ1n) is 8.96. The molecule has 1 atom stereocenters. The van der Waals surface area contributed by atoms with Crippen molar-refractivity contribution in [2.75, 3.05) is 53.5 Å². The van der Waals surface area contributed by atoms with Gasteiger partial charge >= 0.3 is 0 Å². The topological polar surface area (TPSA) is 40.1 Å². The minimum Gasteiger partial charge on any atom is -0.381 e. The van der Waals surface area contributed by atoms with Crippen molar-refractivity contribution in [3.8, 4) is 0 Å². The Bertz CT molecular complexity index is 386. The molecule has 5 nitrogen and oxygen atoms in total. The molecule has 0 aromatic carbocycles. The predicted molar refractivity (Wildman–Crippen MR) is 90.3 cm³/mol. The van der Waals surface area contributed by atoms with E-state index < -0.39 is 0 Å². The summed E-state index contributed by atoms with van der Waals surface area (Å²) in [6, 6.07) is 0.800. The fourth-order valence-corrected chi connectivity index (χ4v) is 4.29. The predicted octanol–water partition coefficient (Wildman–Crippen LogP) is 1.55. The second-order valence-electron chi connectivity index (χ2n) is 7.37. The van der Waals surface area contributed by atoms with Crippen molar-refractivity contribution in [3.63, 3.8) is 0 Å². The minimum absolute atomic E-state index is 0.401. The quantitative estimate of drug-likeness (QED) is 0.632. The highest BCUT2D eigenvalue weighted by Crippen LogP contribution is 2.38. The first-order valence-corrected chi connectivity index (χ1v) is 8.96. The lowest BCUT2D eigenvalue weighted by molar-refractivity contribution is 0.156. The van der Waals surface area contributed by atoms with Crippen LogP contribution < -0.4 is 5.32 Å². The lowest BCUT2D eigenvalue weighted by Gasteiger charge is -2.27. The molecule has 0 radical (unpaired) electrons. The number of nitrogens with one attached hydrogen (secondary N) is 1. The van der Waals surface area contributed by atoms with Crippen LogP contribution in [0.3, 0.4) is 0 Å². The van der Waals surface area contributed by atoms with E-state index in [1.54, 1.807) is 0 Å². The van der Waals surface area contributed by atoms with Crippen molar-refractivity contribution in [2.45, 2.75) is 44.6 Å². The molecule has 5 heteroatoms. The van der Waals surface area contributed by atoms with Gasteiger partial charge in [-0.15, -0.1) is 0 Å². The maximum Gasteiger partial charge on any atom is 0.193 e. The third-order valence-corrected chi connectivity index (χ3v) is 5.83. The molecule has 1 spiro atoms. The van der Waals surface area contributed by atoms with Crippen LogP contribution in [0.2, 0.25) is 0 Å². The molecule has 126 valence electrons. The van der Waals surface area contributed by atoms with Crippen molar-refractivity contribution < 1.29 is 4.74 Å². The second kappa shape index (κ2) is 7.18. The second-order valence-corrected chi connectivity index (χ2v) is 7.37. The van der Waals surface area contributed by atoms with Gasteiger partial charge in [0.1, 0.15) is 0 Å². The van der Waals surface area contributed by atoms with E-state index in [9.17, 15) is 0 Å². The molecule has 0 aromatic rings. The number of ether oxygens (including phenoxy) is 1. The van der Waals surface area contributed by atoms with Crippen molar-refractivity contribution in [1.82, 2.24) is 15.1 Å². The number of guanidine groups is 1.